The third-order valence-corrected chi connectivity index (χ3v) is 7.26. The number of amides is 1. The SMILES string of the molecule is C=CC(=O)N1CCC(c2c[nH]c3ncnc(Nc4ccc(Oc5ccnc(NCc6ccccn6)c5)cc4F)c23)CC1. The van der Waals surface area contributed by atoms with Crippen LogP contribution in [-0.4, -0.2) is 48.8 Å². The largest absolute Gasteiger partial charge is 0.457 e. The van der Waals surface area contributed by atoms with E-state index in [1.54, 1.807) is 41.6 Å². The smallest absolute Gasteiger partial charge is 0.245 e. The molecule has 1 aliphatic heterocycles. The molecule has 0 radical (unpaired) electrons. The number of rotatable bonds is 9. The van der Waals surface area contributed by atoms with Gasteiger partial charge in [-0.25, -0.2) is 19.3 Å². The monoisotopic (exact) mass is 564 g/mol. The van der Waals surface area contributed by atoms with Crippen molar-refractivity contribution in [3.8, 4) is 11.5 Å². The minimum atomic E-state index is -0.491. The van der Waals surface area contributed by atoms with Crippen LogP contribution in [0.25, 0.3) is 11.0 Å². The predicted octanol–water partition coefficient (Wildman–Crippen LogP) is 5.93. The summed E-state index contributed by atoms with van der Waals surface area (Å²) in [7, 11) is 0. The number of carbonyl (C=O) groups excluding carboxylic acids is 1. The fourth-order valence-electron chi connectivity index (χ4n) is 5.12. The lowest BCUT2D eigenvalue weighted by molar-refractivity contribution is -0.127. The van der Waals surface area contributed by atoms with Crippen molar-refractivity contribution in [1.29, 1.82) is 0 Å². The number of ether oxygens (including phenoxy) is 1. The second-order valence-corrected chi connectivity index (χ2v) is 9.91. The lowest BCUT2D eigenvalue weighted by Gasteiger charge is -2.31. The molecule has 1 saturated heterocycles. The Morgan fingerprint density at radius 1 is 1.07 bits per heavy atom. The van der Waals surface area contributed by atoms with E-state index >= 15 is 4.39 Å². The molecule has 3 N–H and O–H groups in total. The first-order valence-corrected chi connectivity index (χ1v) is 13.6. The molecule has 6 rings (SSSR count). The number of anilines is 3. The maximum absolute atomic E-state index is 15.3. The number of likely N-dealkylation sites (tertiary alicyclic amines) is 1. The number of nitrogens with one attached hydrogen (secondary N) is 3. The number of benzene rings is 1. The fraction of sp³-hybridized carbons (Fsp3) is 0.194. The van der Waals surface area contributed by atoms with Crippen LogP contribution in [0.4, 0.5) is 21.7 Å². The van der Waals surface area contributed by atoms with E-state index in [0.29, 0.717) is 48.4 Å². The van der Waals surface area contributed by atoms with Gasteiger partial charge in [-0.2, -0.15) is 0 Å². The van der Waals surface area contributed by atoms with Gasteiger partial charge in [0.1, 0.15) is 40.9 Å². The van der Waals surface area contributed by atoms with E-state index in [1.807, 2.05) is 24.4 Å². The van der Waals surface area contributed by atoms with Crippen LogP contribution in [-0.2, 0) is 11.3 Å². The summed E-state index contributed by atoms with van der Waals surface area (Å²) >= 11 is 0. The van der Waals surface area contributed by atoms with Crippen molar-refractivity contribution in [3.05, 3.63) is 103 Å². The van der Waals surface area contributed by atoms with Gasteiger partial charge in [0, 0.05) is 43.8 Å². The van der Waals surface area contributed by atoms with Gasteiger partial charge < -0.3 is 25.3 Å². The molecule has 4 aromatic heterocycles. The van der Waals surface area contributed by atoms with Crippen LogP contribution in [0.1, 0.15) is 30.0 Å². The van der Waals surface area contributed by atoms with Crippen molar-refractivity contribution in [2.45, 2.75) is 25.3 Å². The highest BCUT2D eigenvalue weighted by molar-refractivity contribution is 5.92. The lowest BCUT2D eigenvalue weighted by Crippen LogP contribution is -2.36. The molecule has 11 heteroatoms. The summed E-state index contributed by atoms with van der Waals surface area (Å²) in [4.78, 5) is 34.4. The second kappa shape index (κ2) is 12.0. The molecule has 1 aromatic carbocycles. The van der Waals surface area contributed by atoms with E-state index in [1.165, 1.54) is 18.5 Å². The quantitative estimate of drug-likeness (QED) is 0.189. The number of pyridine rings is 2. The molecular weight excluding hydrogens is 535 g/mol. The Hall–Kier alpha value is -5.32. The number of nitrogens with zero attached hydrogens (tertiary/aromatic N) is 5. The number of hydrogen-bond acceptors (Lipinski definition) is 8. The van der Waals surface area contributed by atoms with Gasteiger partial charge in [0.15, 0.2) is 0 Å². The number of hydrogen-bond donors (Lipinski definition) is 3. The molecule has 10 nitrogen and oxygen atoms in total. The standard InChI is InChI=1S/C31H29FN8O2/c1-2-28(41)40-13-9-20(10-14-40)24-18-36-30-29(24)31(38-19-37-30)39-26-7-6-22(15-25(26)32)42-23-8-12-34-27(16-23)35-17-21-5-3-4-11-33-21/h2-8,11-12,15-16,18-20H,1,9-10,13-14,17H2,(H,34,35)(H2,36,37,38,39). The molecule has 0 atom stereocenters. The van der Waals surface area contributed by atoms with E-state index in [9.17, 15) is 4.79 Å². The topological polar surface area (TPSA) is 121 Å². The minimum absolute atomic E-state index is 0.0531. The molecule has 0 aliphatic carbocycles. The van der Waals surface area contributed by atoms with E-state index in [2.05, 4.69) is 42.1 Å². The summed E-state index contributed by atoms with van der Waals surface area (Å²) in [5.74, 6) is 1.65. The summed E-state index contributed by atoms with van der Waals surface area (Å²) in [6.45, 7) is 5.39. The molecule has 0 saturated carbocycles. The highest BCUT2D eigenvalue weighted by atomic mass is 19.1. The van der Waals surface area contributed by atoms with Gasteiger partial charge in [-0.3, -0.25) is 9.78 Å². The van der Waals surface area contributed by atoms with Gasteiger partial charge in [-0.15, -0.1) is 0 Å². The lowest BCUT2D eigenvalue weighted by atomic mass is 9.89. The van der Waals surface area contributed by atoms with Gasteiger partial charge in [0.25, 0.3) is 0 Å². The maximum atomic E-state index is 15.3. The van der Waals surface area contributed by atoms with Crippen LogP contribution in [0.3, 0.4) is 0 Å². The first-order valence-electron chi connectivity index (χ1n) is 13.6. The first kappa shape index (κ1) is 26.9. The Balaban J connectivity index is 1.15. The Labute approximate surface area is 241 Å². The molecule has 1 aliphatic rings. The third-order valence-electron chi connectivity index (χ3n) is 7.26. The van der Waals surface area contributed by atoms with E-state index in [-0.39, 0.29) is 17.5 Å². The van der Waals surface area contributed by atoms with E-state index in [0.717, 1.165) is 29.5 Å². The number of halogens is 1. The van der Waals surface area contributed by atoms with Crippen molar-refractivity contribution in [2.24, 2.45) is 0 Å². The Morgan fingerprint density at radius 2 is 1.93 bits per heavy atom. The van der Waals surface area contributed by atoms with Crippen molar-refractivity contribution in [3.63, 3.8) is 0 Å². The summed E-state index contributed by atoms with van der Waals surface area (Å²) in [5.41, 5.74) is 2.85. The van der Waals surface area contributed by atoms with Crippen LogP contribution >= 0.6 is 0 Å². The zero-order chi connectivity index (χ0) is 28.9. The van der Waals surface area contributed by atoms with Crippen LogP contribution < -0.4 is 15.4 Å². The second-order valence-electron chi connectivity index (χ2n) is 9.91. The predicted molar refractivity (Wildman–Crippen MR) is 158 cm³/mol. The van der Waals surface area contributed by atoms with Gasteiger partial charge >= 0.3 is 0 Å². The molecule has 0 unspecified atom stereocenters. The normalized spacial score (nSPS) is 13.6. The van der Waals surface area contributed by atoms with Crippen LogP contribution in [0, 0.1) is 5.82 Å². The number of piperidine rings is 1. The Bertz CT molecular complexity index is 1720. The Kier molecular flexibility index (Phi) is 7.71. The zero-order valence-corrected chi connectivity index (χ0v) is 22.8. The zero-order valence-electron chi connectivity index (χ0n) is 22.8. The van der Waals surface area contributed by atoms with Gasteiger partial charge in [-0.05, 0) is 60.7 Å². The van der Waals surface area contributed by atoms with Gasteiger partial charge in [0.05, 0.1) is 23.3 Å². The summed E-state index contributed by atoms with van der Waals surface area (Å²) in [5, 5.41) is 7.17. The number of aromatic amines is 1. The van der Waals surface area contributed by atoms with Crippen LogP contribution in [0.5, 0.6) is 11.5 Å². The first-order chi connectivity index (χ1) is 20.6. The van der Waals surface area contributed by atoms with Gasteiger partial charge in [-0.1, -0.05) is 12.6 Å². The van der Waals surface area contributed by atoms with E-state index < -0.39 is 5.82 Å². The molecule has 42 heavy (non-hydrogen) atoms. The van der Waals surface area contributed by atoms with E-state index in [4.69, 9.17) is 4.74 Å². The average molecular weight is 565 g/mol. The number of fused-ring (bicyclic) bond motifs is 1. The number of carbonyl (C=O) groups is 1. The summed E-state index contributed by atoms with van der Waals surface area (Å²) < 4.78 is 21.2. The average Bonchev–Trinajstić information content (AvgIpc) is 3.47. The van der Waals surface area contributed by atoms with Crippen molar-refractivity contribution < 1.29 is 13.9 Å². The molecule has 5 heterocycles. The number of H-pyrrole nitrogens is 1. The van der Waals surface area contributed by atoms with Crippen LogP contribution in [0.15, 0.2) is 86.1 Å². The Morgan fingerprint density at radius 3 is 2.71 bits per heavy atom. The molecule has 0 bridgehead atoms. The van der Waals surface area contributed by atoms with Crippen molar-refractivity contribution >= 4 is 34.3 Å². The summed E-state index contributed by atoms with van der Waals surface area (Å²) in [6, 6.07) is 13.8. The molecule has 1 fully saturated rings. The van der Waals surface area contributed by atoms with Crippen molar-refractivity contribution in [2.75, 3.05) is 23.7 Å². The fourth-order valence-corrected chi connectivity index (χ4v) is 5.12. The van der Waals surface area contributed by atoms with Crippen molar-refractivity contribution in [1.82, 2.24) is 29.8 Å². The maximum Gasteiger partial charge on any atom is 0.245 e. The summed E-state index contributed by atoms with van der Waals surface area (Å²) in [6.07, 6.45) is 9.69. The highest BCUT2D eigenvalue weighted by Gasteiger charge is 2.26. The van der Waals surface area contributed by atoms with Gasteiger partial charge in [0.2, 0.25) is 5.91 Å². The molecular formula is C31H29FN8O2. The molecule has 1 amide bonds. The highest BCUT2D eigenvalue weighted by Crippen LogP contribution is 2.37. The molecule has 212 valence electrons. The molecule has 5 aromatic rings. The third kappa shape index (κ3) is 5.90. The minimum Gasteiger partial charge on any atom is -0.457 e. The molecule has 0 spiro atoms. The van der Waals surface area contributed by atoms with Crippen LogP contribution in [0.2, 0.25) is 0 Å². The number of aromatic nitrogens is 5.